The fraction of sp³-hybridized carbons (Fsp3) is 1.00. The third-order valence-corrected chi connectivity index (χ3v) is 5.47. The van der Waals surface area contributed by atoms with Crippen molar-refractivity contribution in [2.24, 2.45) is 5.92 Å². The quantitative estimate of drug-likeness (QED) is 0.698. The van der Waals surface area contributed by atoms with E-state index in [1.165, 1.54) is 7.11 Å². The molecule has 0 aliphatic carbocycles. The van der Waals surface area contributed by atoms with Crippen LogP contribution in [0, 0.1) is 5.92 Å². The van der Waals surface area contributed by atoms with E-state index in [-0.39, 0.29) is 12.6 Å². The Morgan fingerprint density at radius 1 is 1.25 bits per heavy atom. The summed E-state index contributed by atoms with van der Waals surface area (Å²) in [4.78, 5) is 2.30. The second kappa shape index (κ2) is 8.29. The Labute approximate surface area is 122 Å². The van der Waals surface area contributed by atoms with Crippen molar-refractivity contribution in [1.82, 2.24) is 9.62 Å². The number of morpholine rings is 1. The first-order valence-electron chi connectivity index (χ1n) is 7.17. The average molecular weight is 308 g/mol. The number of rotatable bonds is 8. The molecule has 0 aromatic carbocycles. The third-order valence-electron chi connectivity index (χ3n) is 3.71. The van der Waals surface area contributed by atoms with E-state index in [0.717, 1.165) is 26.3 Å². The van der Waals surface area contributed by atoms with Gasteiger partial charge in [0, 0.05) is 32.8 Å². The van der Waals surface area contributed by atoms with Crippen LogP contribution in [-0.4, -0.2) is 71.2 Å². The van der Waals surface area contributed by atoms with Crippen LogP contribution in [-0.2, 0) is 19.5 Å². The van der Waals surface area contributed by atoms with Crippen LogP contribution in [0.25, 0.3) is 0 Å². The molecule has 0 amide bonds. The molecule has 1 heterocycles. The Hall–Kier alpha value is -0.210. The maximum Gasteiger partial charge on any atom is 0.216 e. The van der Waals surface area contributed by atoms with E-state index >= 15 is 0 Å². The van der Waals surface area contributed by atoms with Gasteiger partial charge in [-0.3, -0.25) is 4.90 Å². The van der Waals surface area contributed by atoms with E-state index in [2.05, 4.69) is 23.5 Å². The molecule has 0 aromatic rings. The van der Waals surface area contributed by atoms with Gasteiger partial charge in [-0.15, -0.1) is 0 Å². The van der Waals surface area contributed by atoms with Crippen LogP contribution in [0.15, 0.2) is 0 Å². The summed E-state index contributed by atoms with van der Waals surface area (Å²) in [6.07, 6.45) is 0. The summed E-state index contributed by atoms with van der Waals surface area (Å²) < 4.78 is 37.2. The van der Waals surface area contributed by atoms with E-state index in [0.29, 0.717) is 12.5 Å². The van der Waals surface area contributed by atoms with Gasteiger partial charge in [-0.05, 0) is 12.8 Å². The van der Waals surface area contributed by atoms with Gasteiger partial charge in [-0.25, -0.2) is 13.1 Å². The molecule has 2 atom stereocenters. The zero-order valence-electron chi connectivity index (χ0n) is 13.0. The lowest BCUT2D eigenvalue weighted by Crippen LogP contribution is -2.52. The van der Waals surface area contributed by atoms with Crippen LogP contribution in [0.4, 0.5) is 0 Å². The topological polar surface area (TPSA) is 67.9 Å². The van der Waals surface area contributed by atoms with E-state index in [1.807, 2.05) is 0 Å². The first-order chi connectivity index (χ1) is 9.38. The molecule has 0 aromatic heterocycles. The van der Waals surface area contributed by atoms with Gasteiger partial charge in [0.15, 0.2) is 0 Å². The van der Waals surface area contributed by atoms with Crippen molar-refractivity contribution in [1.29, 1.82) is 0 Å². The number of nitrogens with zero attached hydrogens (tertiary/aromatic N) is 1. The average Bonchev–Trinajstić information content (AvgIpc) is 2.40. The van der Waals surface area contributed by atoms with Gasteiger partial charge in [-0.2, -0.15) is 0 Å². The van der Waals surface area contributed by atoms with E-state index in [4.69, 9.17) is 9.47 Å². The lowest BCUT2D eigenvalue weighted by atomic mass is 10.0. The molecule has 1 saturated heterocycles. The Morgan fingerprint density at radius 2 is 1.85 bits per heavy atom. The number of hydrogen-bond acceptors (Lipinski definition) is 5. The minimum absolute atomic E-state index is 0.198. The molecule has 20 heavy (non-hydrogen) atoms. The second-order valence-electron chi connectivity index (χ2n) is 5.62. The number of nitrogens with one attached hydrogen (secondary N) is 1. The summed E-state index contributed by atoms with van der Waals surface area (Å²) in [5.74, 6) is 0.383. The molecule has 0 bridgehead atoms. The lowest BCUT2D eigenvalue weighted by Gasteiger charge is -2.37. The zero-order valence-corrected chi connectivity index (χ0v) is 13.8. The van der Waals surface area contributed by atoms with Crippen molar-refractivity contribution in [2.45, 2.75) is 32.1 Å². The molecule has 120 valence electrons. The highest BCUT2D eigenvalue weighted by Crippen LogP contribution is 2.13. The largest absolute Gasteiger partial charge is 0.383 e. The molecule has 0 spiro atoms. The number of hydrogen-bond donors (Lipinski definition) is 1. The molecule has 1 rings (SSSR count). The Kier molecular flexibility index (Phi) is 7.39. The van der Waals surface area contributed by atoms with Crippen molar-refractivity contribution in [2.75, 3.05) is 46.6 Å². The molecule has 1 aliphatic heterocycles. The van der Waals surface area contributed by atoms with Crippen LogP contribution in [0.5, 0.6) is 0 Å². The maximum atomic E-state index is 12.1. The molecule has 0 unspecified atom stereocenters. The number of ether oxygens (including phenoxy) is 2. The fourth-order valence-electron chi connectivity index (χ4n) is 2.36. The van der Waals surface area contributed by atoms with Crippen LogP contribution in [0.1, 0.15) is 20.8 Å². The molecule has 1 N–H and O–H groups in total. The highest BCUT2D eigenvalue weighted by atomic mass is 32.2. The van der Waals surface area contributed by atoms with Crippen LogP contribution < -0.4 is 4.72 Å². The predicted molar refractivity (Wildman–Crippen MR) is 79.3 cm³/mol. The number of methoxy groups -OCH3 is 1. The van der Waals surface area contributed by atoms with Gasteiger partial charge in [0.25, 0.3) is 0 Å². The molecular formula is C13H28N2O4S. The highest BCUT2D eigenvalue weighted by Gasteiger charge is 2.27. The van der Waals surface area contributed by atoms with E-state index in [1.54, 1.807) is 6.92 Å². The second-order valence-corrected chi connectivity index (χ2v) is 7.80. The van der Waals surface area contributed by atoms with Crippen molar-refractivity contribution in [3.8, 4) is 0 Å². The maximum absolute atomic E-state index is 12.1. The van der Waals surface area contributed by atoms with Crippen LogP contribution in [0.3, 0.4) is 0 Å². The van der Waals surface area contributed by atoms with Gasteiger partial charge < -0.3 is 9.47 Å². The van der Waals surface area contributed by atoms with Crippen LogP contribution in [0.2, 0.25) is 0 Å². The molecule has 0 saturated carbocycles. The van der Waals surface area contributed by atoms with Crippen molar-refractivity contribution in [3.05, 3.63) is 0 Å². The van der Waals surface area contributed by atoms with Gasteiger partial charge in [-0.1, -0.05) is 13.8 Å². The highest BCUT2D eigenvalue weighted by molar-refractivity contribution is 7.90. The van der Waals surface area contributed by atoms with E-state index in [9.17, 15) is 8.42 Å². The standard InChI is InChI=1S/C13H28N2O4S/c1-11(2)13(15-5-7-19-8-6-15)9-14-20(16,17)12(3)10-18-4/h11-14H,5-10H2,1-4H3/t12-,13+/m1/s1. The monoisotopic (exact) mass is 308 g/mol. The summed E-state index contributed by atoms with van der Waals surface area (Å²) in [6.45, 7) is 9.70. The zero-order chi connectivity index (χ0) is 15.2. The van der Waals surface area contributed by atoms with Gasteiger partial charge in [0.2, 0.25) is 10.0 Å². The van der Waals surface area contributed by atoms with Crippen molar-refractivity contribution < 1.29 is 17.9 Å². The van der Waals surface area contributed by atoms with Crippen molar-refractivity contribution >= 4 is 10.0 Å². The molecule has 6 nitrogen and oxygen atoms in total. The molecule has 0 radical (unpaired) electrons. The summed E-state index contributed by atoms with van der Waals surface area (Å²) in [6, 6.07) is 0.198. The van der Waals surface area contributed by atoms with Gasteiger partial charge in [0.1, 0.15) is 0 Å². The van der Waals surface area contributed by atoms with Crippen LogP contribution >= 0.6 is 0 Å². The van der Waals surface area contributed by atoms with Crippen molar-refractivity contribution in [3.63, 3.8) is 0 Å². The minimum atomic E-state index is -3.32. The Balaban J connectivity index is 2.58. The first kappa shape index (κ1) is 17.8. The van der Waals surface area contributed by atoms with Gasteiger partial charge in [0.05, 0.1) is 25.1 Å². The van der Waals surface area contributed by atoms with Gasteiger partial charge >= 0.3 is 0 Å². The summed E-state index contributed by atoms with van der Waals surface area (Å²) >= 11 is 0. The SMILES string of the molecule is COC[C@@H](C)S(=O)(=O)NC[C@@H](C(C)C)N1CCOCC1. The predicted octanol–water partition coefficient (Wildman–Crippen LogP) is 0.298. The smallest absolute Gasteiger partial charge is 0.216 e. The Morgan fingerprint density at radius 3 is 2.35 bits per heavy atom. The molecule has 1 aliphatic rings. The summed E-state index contributed by atoms with van der Waals surface area (Å²) in [7, 11) is -1.81. The third kappa shape index (κ3) is 5.29. The minimum Gasteiger partial charge on any atom is -0.383 e. The normalized spacial score (nSPS) is 21.1. The number of sulfonamides is 1. The molecular weight excluding hydrogens is 280 g/mol. The summed E-state index contributed by atoms with van der Waals surface area (Å²) in [5.41, 5.74) is 0. The lowest BCUT2D eigenvalue weighted by molar-refractivity contribution is 0.00774. The molecule has 7 heteroatoms. The fourth-order valence-corrected chi connectivity index (χ4v) is 3.37. The van der Waals surface area contributed by atoms with E-state index < -0.39 is 15.3 Å². The Bertz CT molecular complexity index is 367. The molecule has 1 fully saturated rings. The summed E-state index contributed by atoms with van der Waals surface area (Å²) in [5, 5.41) is -0.537. The first-order valence-corrected chi connectivity index (χ1v) is 8.72.